The molecule has 0 radical (unpaired) electrons. The molecule has 2 rings (SSSR count). The van der Waals surface area contributed by atoms with Crippen molar-refractivity contribution in [2.24, 2.45) is 0 Å². The van der Waals surface area contributed by atoms with E-state index in [-0.39, 0.29) is 0 Å². The van der Waals surface area contributed by atoms with E-state index < -0.39 is 0 Å². The van der Waals surface area contributed by atoms with Crippen LogP contribution in [-0.4, -0.2) is 16.7 Å². The smallest absolute Gasteiger partial charge is 0.143 e. The molecule has 4 nitrogen and oxygen atoms in total. The van der Waals surface area contributed by atoms with Gasteiger partial charge in [-0.2, -0.15) is 0 Å². The van der Waals surface area contributed by atoms with Crippen molar-refractivity contribution in [3.63, 3.8) is 0 Å². The molecule has 0 aliphatic carbocycles. The van der Waals surface area contributed by atoms with Crippen LogP contribution in [0.4, 0.5) is 5.69 Å². The highest BCUT2D eigenvalue weighted by molar-refractivity contribution is 5.56. The number of benzene rings is 1. The standard InChI is InChI=1S/C10H11N3O/c1-14-10-3-2-8(11)6-9(10)13-5-4-12-7-13/h2-7H,11H2,1H3. The van der Waals surface area contributed by atoms with Crippen LogP contribution in [-0.2, 0) is 0 Å². The van der Waals surface area contributed by atoms with Crippen molar-refractivity contribution < 1.29 is 4.74 Å². The maximum Gasteiger partial charge on any atom is 0.143 e. The molecular formula is C10H11N3O. The minimum Gasteiger partial charge on any atom is -0.495 e. The Balaban J connectivity index is 2.55. The fourth-order valence-electron chi connectivity index (χ4n) is 1.31. The highest BCUT2D eigenvalue weighted by Crippen LogP contribution is 2.24. The van der Waals surface area contributed by atoms with Gasteiger partial charge in [-0.15, -0.1) is 0 Å². The molecule has 2 N–H and O–H groups in total. The van der Waals surface area contributed by atoms with Gasteiger partial charge in [0, 0.05) is 18.1 Å². The van der Waals surface area contributed by atoms with Gasteiger partial charge in [0.2, 0.25) is 0 Å². The number of hydrogen-bond acceptors (Lipinski definition) is 3. The number of ether oxygens (including phenoxy) is 1. The van der Waals surface area contributed by atoms with Gasteiger partial charge in [0.25, 0.3) is 0 Å². The van der Waals surface area contributed by atoms with Crippen LogP contribution in [0.15, 0.2) is 36.9 Å². The molecule has 0 spiro atoms. The van der Waals surface area contributed by atoms with E-state index in [0.29, 0.717) is 5.69 Å². The quantitative estimate of drug-likeness (QED) is 0.728. The predicted octanol–water partition coefficient (Wildman–Crippen LogP) is 1.46. The van der Waals surface area contributed by atoms with Gasteiger partial charge in [-0.05, 0) is 18.2 Å². The molecule has 2 aromatic rings. The summed E-state index contributed by atoms with van der Waals surface area (Å²) in [7, 11) is 1.63. The Morgan fingerprint density at radius 1 is 1.43 bits per heavy atom. The summed E-state index contributed by atoms with van der Waals surface area (Å²) in [5.74, 6) is 0.775. The summed E-state index contributed by atoms with van der Waals surface area (Å²) in [4.78, 5) is 3.97. The van der Waals surface area contributed by atoms with Crippen molar-refractivity contribution in [2.45, 2.75) is 0 Å². The number of hydrogen-bond donors (Lipinski definition) is 1. The molecule has 0 aliphatic rings. The van der Waals surface area contributed by atoms with Crippen LogP contribution in [0.1, 0.15) is 0 Å². The van der Waals surface area contributed by atoms with Crippen LogP contribution in [0, 0.1) is 0 Å². The highest BCUT2D eigenvalue weighted by atomic mass is 16.5. The van der Waals surface area contributed by atoms with E-state index in [9.17, 15) is 0 Å². The number of methoxy groups -OCH3 is 1. The zero-order chi connectivity index (χ0) is 9.97. The van der Waals surface area contributed by atoms with Gasteiger partial charge < -0.3 is 15.0 Å². The second kappa shape index (κ2) is 3.41. The predicted molar refractivity (Wildman–Crippen MR) is 54.5 cm³/mol. The van der Waals surface area contributed by atoms with Gasteiger partial charge in [0.05, 0.1) is 19.1 Å². The van der Waals surface area contributed by atoms with Gasteiger partial charge in [-0.3, -0.25) is 0 Å². The minimum absolute atomic E-state index is 0.703. The van der Waals surface area contributed by atoms with Gasteiger partial charge in [-0.1, -0.05) is 0 Å². The minimum atomic E-state index is 0.703. The van der Waals surface area contributed by atoms with Gasteiger partial charge >= 0.3 is 0 Å². The first-order chi connectivity index (χ1) is 6.81. The molecule has 72 valence electrons. The van der Waals surface area contributed by atoms with Crippen LogP contribution in [0.5, 0.6) is 5.75 Å². The zero-order valence-electron chi connectivity index (χ0n) is 7.84. The van der Waals surface area contributed by atoms with E-state index in [1.54, 1.807) is 25.7 Å². The van der Waals surface area contributed by atoms with Crippen LogP contribution in [0.2, 0.25) is 0 Å². The van der Waals surface area contributed by atoms with Gasteiger partial charge in [0.15, 0.2) is 0 Å². The van der Waals surface area contributed by atoms with Crippen molar-refractivity contribution in [1.82, 2.24) is 9.55 Å². The first kappa shape index (κ1) is 8.62. The lowest BCUT2D eigenvalue weighted by atomic mass is 10.2. The highest BCUT2D eigenvalue weighted by Gasteiger charge is 2.04. The summed E-state index contributed by atoms with van der Waals surface area (Å²) in [6.07, 6.45) is 5.26. The Morgan fingerprint density at radius 3 is 2.93 bits per heavy atom. The van der Waals surface area contributed by atoms with Crippen molar-refractivity contribution in [3.05, 3.63) is 36.9 Å². The summed E-state index contributed by atoms with van der Waals surface area (Å²) in [5.41, 5.74) is 7.30. The topological polar surface area (TPSA) is 53.1 Å². The number of nitrogens with zero attached hydrogens (tertiary/aromatic N) is 2. The van der Waals surface area contributed by atoms with E-state index in [4.69, 9.17) is 10.5 Å². The first-order valence-electron chi connectivity index (χ1n) is 4.23. The third-order valence-corrected chi connectivity index (χ3v) is 1.99. The molecule has 4 heteroatoms. The number of rotatable bonds is 2. The fraction of sp³-hybridized carbons (Fsp3) is 0.100. The summed E-state index contributed by atoms with van der Waals surface area (Å²) >= 11 is 0. The third kappa shape index (κ3) is 1.42. The molecule has 0 saturated carbocycles. The molecule has 1 aromatic heterocycles. The van der Waals surface area contributed by atoms with Crippen molar-refractivity contribution >= 4 is 5.69 Å². The monoisotopic (exact) mass is 189 g/mol. The fourth-order valence-corrected chi connectivity index (χ4v) is 1.31. The average Bonchev–Trinajstić information content (AvgIpc) is 2.70. The van der Waals surface area contributed by atoms with Gasteiger partial charge in [-0.25, -0.2) is 4.98 Å². The first-order valence-corrected chi connectivity index (χ1v) is 4.23. The summed E-state index contributed by atoms with van der Waals surface area (Å²) in [5, 5.41) is 0. The molecule has 0 fully saturated rings. The number of anilines is 1. The van der Waals surface area contributed by atoms with E-state index in [2.05, 4.69) is 4.98 Å². The molecule has 0 unspecified atom stereocenters. The zero-order valence-corrected chi connectivity index (χ0v) is 7.84. The molecule has 0 bridgehead atoms. The summed E-state index contributed by atoms with van der Waals surface area (Å²) in [6, 6.07) is 5.49. The lowest BCUT2D eigenvalue weighted by molar-refractivity contribution is 0.413. The Labute approximate surface area is 81.9 Å². The Hall–Kier alpha value is -1.97. The largest absolute Gasteiger partial charge is 0.495 e. The Kier molecular flexibility index (Phi) is 2.10. The van der Waals surface area contributed by atoms with Crippen LogP contribution < -0.4 is 10.5 Å². The molecule has 0 saturated heterocycles. The molecule has 1 aromatic carbocycles. The normalized spacial score (nSPS) is 10.1. The SMILES string of the molecule is COc1ccc(N)cc1-n1ccnc1. The Morgan fingerprint density at radius 2 is 2.29 bits per heavy atom. The number of imidazole rings is 1. The maximum absolute atomic E-state index is 5.70. The van der Waals surface area contributed by atoms with E-state index >= 15 is 0 Å². The van der Waals surface area contributed by atoms with Crippen molar-refractivity contribution in [3.8, 4) is 11.4 Å². The maximum atomic E-state index is 5.70. The van der Waals surface area contributed by atoms with Crippen molar-refractivity contribution in [1.29, 1.82) is 0 Å². The van der Waals surface area contributed by atoms with E-state index in [0.717, 1.165) is 11.4 Å². The van der Waals surface area contributed by atoms with E-state index in [1.807, 2.05) is 22.9 Å². The number of nitrogens with two attached hydrogens (primary N) is 1. The summed E-state index contributed by atoms with van der Waals surface area (Å²) < 4.78 is 7.08. The number of nitrogen functional groups attached to an aromatic ring is 1. The van der Waals surface area contributed by atoms with Crippen molar-refractivity contribution in [2.75, 3.05) is 12.8 Å². The molecule has 0 atom stereocenters. The number of aromatic nitrogens is 2. The Bertz CT molecular complexity index is 423. The lowest BCUT2D eigenvalue weighted by Crippen LogP contribution is -1.97. The molecular weight excluding hydrogens is 178 g/mol. The molecule has 0 amide bonds. The second-order valence-electron chi connectivity index (χ2n) is 2.90. The average molecular weight is 189 g/mol. The molecule has 0 aliphatic heterocycles. The lowest BCUT2D eigenvalue weighted by Gasteiger charge is -2.09. The molecule has 1 heterocycles. The summed E-state index contributed by atoms with van der Waals surface area (Å²) in [6.45, 7) is 0. The second-order valence-corrected chi connectivity index (χ2v) is 2.90. The van der Waals surface area contributed by atoms with Crippen LogP contribution in [0.3, 0.4) is 0 Å². The van der Waals surface area contributed by atoms with E-state index in [1.165, 1.54) is 0 Å². The van der Waals surface area contributed by atoms with Gasteiger partial charge in [0.1, 0.15) is 5.75 Å². The molecule has 14 heavy (non-hydrogen) atoms. The third-order valence-electron chi connectivity index (χ3n) is 1.99. The van der Waals surface area contributed by atoms with Crippen LogP contribution >= 0.6 is 0 Å². The van der Waals surface area contributed by atoms with Crippen LogP contribution in [0.25, 0.3) is 5.69 Å².